The molecule has 0 aromatic carbocycles. The van der Waals surface area contributed by atoms with Crippen LogP contribution in [0.2, 0.25) is 0 Å². The van der Waals surface area contributed by atoms with E-state index in [-0.39, 0.29) is 17.9 Å². The third-order valence-corrected chi connectivity index (χ3v) is 3.67. The maximum atomic E-state index is 12.2. The smallest absolute Gasteiger partial charge is 0.225 e. The van der Waals surface area contributed by atoms with E-state index < -0.39 is 0 Å². The van der Waals surface area contributed by atoms with Gasteiger partial charge in [-0.05, 0) is 19.8 Å². The van der Waals surface area contributed by atoms with E-state index in [1.807, 2.05) is 25.7 Å². The summed E-state index contributed by atoms with van der Waals surface area (Å²) in [5, 5.41) is 4.06. The summed E-state index contributed by atoms with van der Waals surface area (Å²) >= 11 is 0. The number of amides is 1. The van der Waals surface area contributed by atoms with Gasteiger partial charge in [0, 0.05) is 24.4 Å². The van der Waals surface area contributed by atoms with Crippen molar-refractivity contribution in [2.24, 2.45) is 5.92 Å². The summed E-state index contributed by atoms with van der Waals surface area (Å²) in [5.41, 5.74) is 2.07. The molecule has 0 bridgehead atoms. The molecule has 0 spiro atoms. The van der Waals surface area contributed by atoms with Crippen molar-refractivity contribution in [2.75, 3.05) is 6.54 Å². The third kappa shape index (κ3) is 2.16. The molecule has 4 heteroatoms. The molecule has 18 heavy (non-hydrogen) atoms. The van der Waals surface area contributed by atoms with Crippen LogP contribution in [0.3, 0.4) is 0 Å². The fourth-order valence-electron chi connectivity index (χ4n) is 2.77. The molecule has 1 aliphatic heterocycles. The Hall–Kier alpha value is -1.32. The molecule has 2 heterocycles. The van der Waals surface area contributed by atoms with Gasteiger partial charge in [0.1, 0.15) is 5.76 Å². The van der Waals surface area contributed by atoms with Gasteiger partial charge in [-0.25, -0.2) is 0 Å². The SMILES string of the molecule is CCc1onc(C)c1C1CCCN1C(=O)C(C)C. The molecule has 1 atom stereocenters. The molecule has 1 amide bonds. The number of nitrogens with zero attached hydrogens (tertiary/aromatic N) is 2. The van der Waals surface area contributed by atoms with Crippen LogP contribution in [-0.4, -0.2) is 22.5 Å². The van der Waals surface area contributed by atoms with Gasteiger partial charge < -0.3 is 9.42 Å². The first-order valence-corrected chi connectivity index (χ1v) is 6.81. The summed E-state index contributed by atoms with van der Waals surface area (Å²) in [6.45, 7) is 8.80. The zero-order valence-electron chi connectivity index (χ0n) is 11.7. The largest absolute Gasteiger partial charge is 0.361 e. The Morgan fingerprint density at radius 3 is 2.89 bits per heavy atom. The van der Waals surface area contributed by atoms with Gasteiger partial charge in [0.15, 0.2) is 0 Å². The van der Waals surface area contributed by atoms with Crippen LogP contribution < -0.4 is 0 Å². The Balaban J connectivity index is 2.31. The summed E-state index contributed by atoms with van der Waals surface area (Å²) in [7, 11) is 0. The maximum absolute atomic E-state index is 12.2. The van der Waals surface area contributed by atoms with E-state index in [1.165, 1.54) is 0 Å². The first-order chi connectivity index (χ1) is 8.56. The Morgan fingerprint density at radius 2 is 2.28 bits per heavy atom. The Labute approximate surface area is 108 Å². The number of hydrogen-bond acceptors (Lipinski definition) is 3. The van der Waals surface area contributed by atoms with Gasteiger partial charge in [-0.2, -0.15) is 0 Å². The second-order valence-corrected chi connectivity index (χ2v) is 5.30. The molecule has 1 aromatic rings. The van der Waals surface area contributed by atoms with E-state index in [9.17, 15) is 4.79 Å². The first-order valence-electron chi connectivity index (χ1n) is 6.81. The van der Waals surface area contributed by atoms with Crippen LogP contribution in [0.1, 0.15) is 56.7 Å². The van der Waals surface area contributed by atoms with Crippen molar-refractivity contribution in [1.29, 1.82) is 0 Å². The van der Waals surface area contributed by atoms with E-state index >= 15 is 0 Å². The zero-order valence-corrected chi connectivity index (χ0v) is 11.7. The topological polar surface area (TPSA) is 46.3 Å². The minimum Gasteiger partial charge on any atom is -0.361 e. The van der Waals surface area contributed by atoms with Gasteiger partial charge >= 0.3 is 0 Å². The average Bonchev–Trinajstić information content (AvgIpc) is 2.93. The summed E-state index contributed by atoms with van der Waals surface area (Å²) in [4.78, 5) is 14.2. The highest BCUT2D eigenvalue weighted by Crippen LogP contribution is 2.36. The molecule has 0 saturated carbocycles. The van der Waals surface area contributed by atoms with Crippen molar-refractivity contribution in [3.63, 3.8) is 0 Å². The number of aryl methyl sites for hydroxylation is 2. The highest BCUT2D eigenvalue weighted by atomic mass is 16.5. The van der Waals surface area contributed by atoms with Crippen LogP contribution in [0, 0.1) is 12.8 Å². The van der Waals surface area contributed by atoms with Crippen LogP contribution in [0.5, 0.6) is 0 Å². The molecule has 0 radical (unpaired) electrons. The van der Waals surface area contributed by atoms with E-state index in [0.717, 1.165) is 42.8 Å². The van der Waals surface area contributed by atoms with Gasteiger partial charge in [-0.3, -0.25) is 4.79 Å². The summed E-state index contributed by atoms with van der Waals surface area (Å²) < 4.78 is 5.36. The van der Waals surface area contributed by atoms with Gasteiger partial charge in [0.2, 0.25) is 5.91 Å². The standard InChI is InChI=1S/C14H22N2O2/c1-5-12-13(10(4)15-18-12)11-7-6-8-16(11)14(17)9(2)3/h9,11H,5-8H2,1-4H3. The molecule has 0 N–H and O–H groups in total. The minimum absolute atomic E-state index is 0.0517. The molecule has 100 valence electrons. The number of rotatable bonds is 3. The number of carbonyl (C=O) groups is 1. The molecule has 4 nitrogen and oxygen atoms in total. The van der Waals surface area contributed by atoms with Crippen molar-refractivity contribution in [3.05, 3.63) is 17.0 Å². The minimum atomic E-state index is 0.0517. The van der Waals surface area contributed by atoms with E-state index in [4.69, 9.17) is 4.52 Å². The van der Waals surface area contributed by atoms with Crippen molar-refractivity contribution < 1.29 is 9.32 Å². The zero-order chi connectivity index (χ0) is 13.3. The van der Waals surface area contributed by atoms with E-state index in [0.29, 0.717) is 0 Å². The molecular weight excluding hydrogens is 228 g/mol. The quantitative estimate of drug-likeness (QED) is 0.828. The second kappa shape index (κ2) is 5.12. The molecule has 1 fully saturated rings. The summed E-state index contributed by atoms with van der Waals surface area (Å²) in [6, 6.07) is 0.168. The van der Waals surface area contributed by atoms with Crippen molar-refractivity contribution >= 4 is 5.91 Å². The van der Waals surface area contributed by atoms with Crippen LogP contribution >= 0.6 is 0 Å². The average molecular weight is 250 g/mol. The Bertz CT molecular complexity index is 437. The predicted octanol–water partition coefficient (Wildman–Crippen LogP) is 2.86. The van der Waals surface area contributed by atoms with Crippen molar-refractivity contribution in [3.8, 4) is 0 Å². The number of hydrogen-bond donors (Lipinski definition) is 0. The molecule has 1 saturated heterocycles. The monoisotopic (exact) mass is 250 g/mol. The third-order valence-electron chi connectivity index (χ3n) is 3.67. The second-order valence-electron chi connectivity index (χ2n) is 5.30. The number of aromatic nitrogens is 1. The van der Waals surface area contributed by atoms with E-state index in [2.05, 4.69) is 12.1 Å². The van der Waals surface area contributed by atoms with Crippen molar-refractivity contribution in [1.82, 2.24) is 10.1 Å². The van der Waals surface area contributed by atoms with Gasteiger partial charge in [-0.1, -0.05) is 25.9 Å². The maximum Gasteiger partial charge on any atom is 0.225 e. The fourth-order valence-corrected chi connectivity index (χ4v) is 2.77. The van der Waals surface area contributed by atoms with Gasteiger partial charge in [-0.15, -0.1) is 0 Å². The lowest BCUT2D eigenvalue weighted by molar-refractivity contribution is -0.135. The predicted molar refractivity (Wildman–Crippen MR) is 69.1 cm³/mol. The molecule has 1 unspecified atom stereocenters. The summed E-state index contributed by atoms with van der Waals surface area (Å²) in [5.74, 6) is 1.22. The highest BCUT2D eigenvalue weighted by Gasteiger charge is 2.34. The lowest BCUT2D eigenvalue weighted by Crippen LogP contribution is -2.34. The highest BCUT2D eigenvalue weighted by molar-refractivity contribution is 5.79. The Morgan fingerprint density at radius 1 is 1.56 bits per heavy atom. The lowest BCUT2D eigenvalue weighted by Gasteiger charge is -2.26. The normalized spacial score (nSPS) is 19.8. The van der Waals surface area contributed by atoms with Crippen molar-refractivity contribution in [2.45, 2.75) is 53.0 Å². The molecule has 1 aliphatic rings. The Kier molecular flexibility index (Phi) is 3.73. The fraction of sp³-hybridized carbons (Fsp3) is 0.714. The molecular formula is C14H22N2O2. The molecule has 2 rings (SSSR count). The van der Waals surface area contributed by atoms with Gasteiger partial charge in [0.25, 0.3) is 0 Å². The van der Waals surface area contributed by atoms with Crippen LogP contribution in [0.15, 0.2) is 4.52 Å². The number of likely N-dealkylation sites (tertiary alicyclic amines) is 1. The lowest BCUT2D eigenvalue weighted by atomic mass is 10.0. The van der Waals surface area contributed by atoms with Gasteiger partial charge in [0.05, 0.1) is 11.7 Å². The molecule has 0 aliphatic carbocycles. The van der Waals surface area contributed by atoms with Crippen LogP contribution in [0.4, 0.5) is 0 Å². The van der Waals surface area contributed by atoms with Crippen LogP contribution in [0.25, 0.3) is 0 Å². The van der Waals surface area contributed by atoms with E-state index in [1.54, 1.807) is 0 Å². The summed E-state index contributed by atoms with van der Waals surface area (Å²) in [6.07, 6.45) is 2.92. The van der Waals surface area contributed by atoms with Crippen LogP contribution in [-0.2, 0) is 11.2 Å². The number of carbonyl (C=O) groups excluding carboxylic acids is 1. The molecule has 1 aromatic heterocycles. The first kappa shape index (κ1) is 13.1.